The van der Waals surface area contributed by atoms with Crippen molar-refractivity contribution in [2.75, 3.05) is 7.11 Å². The summed E-state index contributed by atoms with van der Waals surface area (Å²) in [4.78, 5) is 27.6. The molecule has 0 atom stereocenters. The number of thiazole rings is 1. The van der Waals surface area contributed by atoms with Gasteiger partial charge in [-0.2, -0.15) is 4.99 Å². The number of ether oxygens (including phenoxy) is 1. The molecule has 0 fully saturated rings. The SMILES string of the molecule is CCCn1c(=NC(=O)/C=C/c2cccc([N+](=O)[O-])c2)sc2cccc(OC)c21. The maximum Gasteiger partial charge on any atom is 0.272 e. The Hall–Kier alpha value is -3.26. The lowest BCUT2D eigenvalue weighted by atomic mass is 10.2. The van der Waals surface area contributed by atoms with E-state index in [9.17, 15) is 14.9 Å². The van der Waals surface area contributed by atoms with E-state index in [-0.39, 0.29) is 5.69 Å². The van der Waals surface area contributed by atoms with Crippen molar-refractivity contribution < 1.29 is 14.5 Å². The second-order valence-electron chi connectivity index (χ2n) is 5.98. The third-order valence-electron chi connectivity index (χ3n) is 4.04. The van der Waals surface area contributed by atoms with Gasteiger partial charge >= 0.3 is 0 Å². The van der Waals surface area contributed by atoms with Crippen LogP contribution in [0.15, 0.2) is 53.5 Å². The van der Waals surface area contributed by atoms with Gasteiger partial charge in [0.15, 0.2) is 4.80 Å². The zero-order valence-corrected chi connectivity index (χ0v) is 16.3. The minimum absolute atomic E-state index is 0.0241. The fraction of sp³-hybridized carbons (Fsp3) is 0.200. The van der Waals surface area contributed by atoms with Gasteiger partial charge < -0.3 is 9.30 Å². The molecule has 0 aliphatic carbocycles. The van der Waals surface area contributed by atoms with Crippen molar-refractivity contribution in [2.45, 2.75) is 19.9 Å². The van der Waals surface area contributed by atoms with Crippen LogP contribution in [0.3, 0.4) is 0 Å². The smallest absolute Gasteiger partial charge is 0.272 e. The maximum atomic E-state index is 12.4. The molecule has 2 aromatic carbocycles. The van der Waals surface area contributed by atoms with Crippen LogP contribution < -0.4 is 9.54 Å². The average Bonchev–Trinajstić information content (AvgIpc) is 3.04. The molecule has 0 N–H and O–H groups in total. The summed E-state index contributed by atoms with van der Waals surface area (Å²) in [5, 5.41) is 10.9. The third-order valence-corrected chi connectivity index (χ3v) is 5.08. The van der Waals surface area contributed by atoms with Crippen LogP contribution in [0.2, 0.25) is 0 Å². The minimum Gasteiger partial charge on any atom is -0.495 e. The molecule has 1 aromatic heterocycles. The van der Waals surface area contributed by atoms with Crippen LogP contribution in [0.1, 0.15) is 18.9 Å². The molecule has 8 heteroatoms. The van der Waals surface area contributed by atoms with Crippen LogP contribution in [0.4, 0.5) is 5.69 Å². The van der Waals surface area contributed by atoms with E-state index in [4.69, 9.17) is 4.74 Å². The molecule has 0 aliphatic rings. The molecule has 144 valence electrons. The van der Waals surface area contributed by atoms with E-state index in [0.29, 0.717) is 16.9 Å². The molecule has 1 heterocycles. The van der Waals surface area contributed by atoms with Crippen molar-refractivity contribution in [2.24, 2.45) is 4.99 Å². The van der Waals surface area contributed by atoms with Crippen LogP contribution in [0, 0.1) is 10.1 Å². The van der Waals surface area contributed by atoms with E-state index in [0.717, 1.165) is 22.4 Å². The fourth-order valence-electron chi connectivity index (χ4n) is 2.82. The molecular formula is C20H19N3O4S. The first kappa shape index (κ1) is 19.5. The number of nitro benzene ring substituents is 1. The number of hydrogen-bond donors (Lipinski definition) is 0. The Bertz CT molecular complexity index is 1130. The number of para-hydroxylation sites is 1. The number of aromatic nitrogens is 1. The summed E-state index contributed by atoms with van der Waals surface area (Å²) in [6, 6.07) is 11.8. The van der Waals surface area contributed by atoms with Gasteiger partial charge in [0, 0.05) is 24.8 Å². The van der Waals surface area contributed by atoms with Crippen molar-refractivity contribution in [3.05, 3.63) is 69.0 Å². The number of methoxy groups -OCH3 is 1. The quantitative estimate of drug-likeness (QED) is 0.355. The molecule has 3 rings (SSSR count). The summed E-state index contributed by atoms with van der Waals surface area (Å²) < 4.78 is 8.43. The Labute approximate surface area is 165 Å². The Kier molecular flexibility index (Phi) is 6.00. The number of non-ortho nitro benzene ring substituents is 1. The predicted molar refractivity (Wildman–Crippen MR) is 109 cm³/mol. The highest BCUT2D eigenvalue weighted by Gasteiger charge is 2.11. The normalized spacial score (nSPS) is 12.0. The van der Waals surface area contributed by atoms with E-state index >= 15 is 0 Å². The van der Waals surface area contributed by atoms with Crippen molar-refractivity contribution in [1.82, 2.24) is 4.57 Å². The number of benzene rings is 2. The number of fused-ring (bicyclic) bond motifs is 1. The van der Waals surface area contributed by atoms with Crippen LogP contribution in [0.5, 0.6) is 5.75 Å². The number of hydrogen-bond acceptors (Lipinski definition) is 5. The number of nitrogens with zero attached hydrogens (tertiary/aromatic N) is 3. The molecule has 0 bridgehead atoms. The highest BCUT2D eigenvalue weighted by atomic mass is 32.1. The monoisotopic (exact) mass is 397 g/mol. The predicted octanol–water partition coefficient (Wildman–Crippen LogP) is 4.17. The Balaban J connectivity index is 1.97. The molecule has 28 heavy (non-hydrogen) atoms. The summed E-state index contributed by atoms with van der Waals surface area (Å²) >= 11 is 1.42. The first-order valence-corrected chi connectivity index (χ1v) is 9.52. The number of rotatable bonds is 6. The lowest BCUT2D eigenvalue weighted by molar-refractivity contribution is -0.384. The van der Waals surface area contributed by atoms with Crippen molar-refractivity contribution in [3.63, 3.8) is 0 Å². The molecule has 0 spiro atoms. The van der Waals surface area contributed by atoms with E-state index in [2.05, 4.69) is 11.9 Å². The molecule has 1 amide bonds. The van der Waals surface area contributed by atoms with Gasteiger partial charge in [-0.05, 0) is 30.2 Å². The molecule has 7 nitrogen and oxygen atoms in total. The number of carbonyl (C=O) groups excluding carboxylic acids is 1. The van der Waals surface area contributed by atoms with Crippen LogP contribution in [-0.2, 0) is 11.3 Å². The lowest BCUT2D eigenvalue weighted by Crippen LogP contribution is -2.16. The summed E-state index contributed by atoms with van der Waals surface area (Å²) in [7, 11) is 1.62. The molecule has 0 unspecified atom stereocenters. The van der Waals surface area contributed by atoms with Crippen LogP contribution in [0.25, 0.3) is 16.3 Å². The number of amides is 1. The molecule has 0 radical (unpaired) electrons. The largest absolute Gasteiger partial charge is 0.495 e. The van der Waals surface area contributed by atoms with Crippen LogP contribution in [-0.4, -0.2) is 22.5 Å². The summed E-state index contributed by atoms with van der Waals surface area (Å²) in [5.74, 6) is 0.310. The van der Waals surface area contributed by atoms with Gasteiger partial charge in [-0.1, -0.05) is 36.5 Å². The van der Waals surface area contributed by atoms with Gasteiger partial charge in [0.2, 0.25) is 0 Å². The first-order valence-electron chi connectivity index (χ1n) is 8.71. The van der Waals surface area contributed by atoms with Gasteiger partial charge in [-0.3, -0.25) is 14.9 Å². The molecule has 0 aliphatic heterocycles. The van der Waals surface area contributed by atoms with Gasteiger partial charge in [0.1, 0.15) is 11.3 Å². The summed E-state index contributed by atoms with van der Waals surface area (Å²) in [6.45, 7) is 2.76. The number of aryl methyl sites for hydroxylation is 1. The Morgan fingerprint density at radius 3 is 2.82 bits per heavy atom. The van der Waals surface area contributed by atoms with Crippen LogP contribution >= 0.6 is 11.3 Å². The Morgan fingerprint density at radius 2 is 2.11 bits per heavy atom. The number of carbonyl (C=O) groups is 1. The van der Waals surface area contributed by atoms with Crippen molar-refractivity contribution in [3.8, 4) is 5.75 Å². The summed E-state index contributed by atoms with van der Waals surface area (Å²) in [6.07, 6.45) is 3.72. The van der Waals surface area contributed by atoms with E-state index in [1.807, 2.05) is 22.8 Å². The van der Waals surface area contributed by atoms with E-state index in [1.54, 1.807) is 19.2 Å². The van der Waals surface area contributed by atoms with Crippen molar-refractivity contribution >= 4 is 39.2 Å². The van der Waals surface area contributed by atoms with E-state index in [1.165, 1.54) is 35.6 Å². The fourth-order valence-corrected chi connectivity index (χ4v) is 3.90. The third kappa shape index (κ3) is 4.17. The molecular weight excluding hydrogens is 378 g/mol. The standard InChI is InChI=1S/C20H19N3O4S/c1-3-12-22-19-16(27-2)8-5-9-17(19)28-20(22)21-18(24)11-10-14-6-4-7-15(13-14)23(25)26/h4-11,13H,3,12H2,1-2H3/b11-10+,21-20?. The second-order valence-corrected chi connectivity index (χ2v) is 6.99. The average molecular weight is 397 g/mol. The molecule has 3 aromatic rings. The summed E-state index contributed by atoms with van der Waals surface area (Å²) in [5.41, 5.74) is 1.46. The van der Waals surface area contributed by atoms with Gasteiger partial charge in [-0.15, -0.1) is 0 Å². The Morgan fingerprint density at radius 1 is 1.32 bits per heavy atom. The topological polar surface area (TPSA) is 86.7 Å². The minimum atomic E-state index is -0.470. The second kappa shape index (κ2) is 8.62. The zero-order chi connectivity index (χ0) is 20.1. The van der Waals surface area contributed by atoms with E-state index < -0.39 is 10.8 Å². The molecule has 0 saturated carbocycles. The van der Waals surface area contributed by atoms with Gasteiger partial charge in [-0.25, -0.2) is 0 Å². The van der Waals surface area contributed by atoms with Gasteiger partial charge in [0.05, 0.1) is 16.7 Å². The number of nitro groups is 1. The maximum absolute atomic E-state index is 12.4. The zero-order valence-electron chi connectivity index (χ0n) is 15.5. The van der Waals surface area contributed by atoms with Gasteiger partial charge in [0.25, 0.3) is 11.6 Å². The highest BCUT2D eigenvalue weighted by molar-refractivity contribution is 7.16. The first-order chi connectivity index (χ1) is 13.5. The highest BCUT2D eigenvalue weighted by Crippen LogP contribution is 2.27. The lowest BCUT2D eigenvalue weighted by Gasteiger charge is -2.06. The van der Waals surface area contributed by atoms with Crippen molar-refractivity contribution in [1.29, 1.82) is 0 Å². The molecule has 0 saturated heterocycles.